The van der Waals surface area contributed by atoms with Crippen molar-refractivity contribution >= 4 is 21.8 Å². The Morgan fingerprint density at radius 2 is 1.74 bits per heavy atom. The normalized spacial score (nSPS) is 11.0. The molecule has 1 amide bonds. The van der Waals surface area contributed by atoms with Crippen molar-refractivity contribution < 1.29 is 19.0 Å². The number of amides is 1. The smallest absolute Gasteiger partial charge is 0.349 e. The van der Waals surface area contributed by atoms with E-state index in [1.165, 1.54) is 0 Å². The van der Waals surface area contributed by atoms with Crippen LogP contribution in [-0.2, 0) is 0 Å². The van der Waals surface area contributed by atoms with Crippen molar-refractivity contribution in [2.24, 2.45) is 0 Å². The first kappa shape index (κ1) is 30.6. The molecular weight excluding hydrogens is 604 g/mol. The first-order chi connectivity index (χ1) is 20.0. The quantitative estimate of drug-likeness (QED) is 0.225. The van der Waals surface area contributed by atoms with Gasteiger partial charge in [-0.05, 0) is 101 Å². The summed E-state index contributed by atoms with van der Waals surface area (Å²) in [5, 5.41) is 6.75. The summed E-state index contributed by atoms with van der Waals surface area (Å²) in [5.41, 5.74) is 1.85. The number of benzene rings is 3. The Morgan fingerprint density at radius 3 is 2.38 bits per heavy atom. The minimum atomic E-state index is -0.881. The zero-order valence-corrected chi connectivity index (χ0v) is 25.9. The van der Waals surface area contributed by atoms with Crippen LogP contribution in [0.4, 0.5) is 0 Å². The Bertz CT molecular complexity index is 1720. The van der Waals surface area contributed by atoms with E-state index in [1.54, 1.807) is 37.4 Å². The van der Waals surface area contributed by atoms with E-state index in [0.29, 0.717) is 22.9 Å². The summed E-state index contributed by atoms with van der Waals surface area (Å²) in [7, 11) is 1.58. The molecule has 11 heteroatoms. The predicted molar refractivity (Wildman–Crippen MR) is 164 cm³/mol. The summed E-state index contributed by atoms with van der Waals surface area (Å²) in [4.78, 5) is 40.2. The van der Waals surface area contributed by atoms with Gasteiger partial charge < -0.3 is 19.5 Å². The van der Waals surface area contributed by atoms with Crippen molar-refractivity contribution in [2.75, 3.05) is 20.3 Å². The van der Waals surface area contributed by atoms with Crippen molar-refractivity contribution in [2.45, 2.75) is 40.5 Å². The van der Waals surface area contributed by atoms with Crippen molar-refractivity contribution in [3.8, 4) is 28.7 Å². The minimum absolute atomic E-state index is 0.135. The molecule has 0 aliphatic carbocycles. The topological polar surface area (TPSA) is 125 Å². The van der Waals surface area contributed by atoms with Crippen molar-refractivity contribution in [3.05, 3.63) is 102 Å². The molecule has 0 saturated carbocycles. The Balaban J connectivity index is 1.51. The van der Waals surface area contributed by atoms with Crippen LogP contribution in [0.2, 0.25) is 0 Å². The number of methoxy groups -OCH3 is 1. The Kier molecular flexibility index (Phi) is 9.52. The summed E-state index contributed by atoms with van der Waals surface area (Å²) in [6.45, 7) is 10.1. The third-order valence-electron chi connectivity index (χ3n) is 6.51. The largest absolute Gasteiger partial charge is 0.496 e. The van der Waals surface area contributed by atoms with Gasteiger partial charge in [-0.1, -0.05) is 26.0 Å². The third kappa shape index (κ3) is 6.91. The molecule has 0 saturated heterocycles. The zero-order valence-electron chi connectivity index (χ0n) is 24.3. The molecule has 3 aromatic carbocycles. The molecule has 4 aromatic rings. The number of aryl methyl sites for hydroxylation is 3. The molecule has 0 radical (unpaired) electrons. The summed E-state index contributed by atoms with van der Waals surface area (Å²) in [6, 6.07) is 14.8. The highest BCUT2D eigenvalue weighted by molar-refractivity contribution is 9.10. The van der Waals surface area contributed by atoms with E-state index >= 15 is 0 Å². The van der Waals surface area contributed by atoms with E-state index < -0.39 is 22.9 Å². The van der Waals surface area contributed by atoms with Crippen LogP contribution in [0.5, 0.6) is 23.0 Å². The lowest BCUT2D eigenvalue weighted by Crippen LogP contribution is -2.40. The van der Waals surface area contributed by atoms with E-state index in [1.807, 2.05) is 39.0 Å². The second-order valence-electron chi connectivity index (χ2n) is 10.1. The Hall–Kier alpha value is -4.38. The van der Waals surface area contributed by atoms with Crippen LogP contribution in [0.3, 0.4) is 0 Å². The first-order valence-electron chi connectivity index (χ1n) is 13.4. The molecule has 0 aliphatic rings. The summed E-state index contributed by atoms with van der Waals surface area (Å²) >= 11 is 3.45. The fourth-order valence-electron chi connectivity index (χ4n) is 4.42. The van der Waals surface area contributed by atoms with Crippen LogP contribution in [-0.4, -0.2) is 40.9 Å². The van der Waals surface area contributed by atoms with Gasteiger partial charge in [-0.2, -0.15) is 9.78 Å². The van der Waals surface area contributed by atoms with E-state index in [2.05, 4.69) is 45.2 Å². The van der Waals surface area contributed by atoms with Crippen LogP contribution < -0.4 is 30.8 Å². The number of hydrogen-bond acceptors (Lipinski definition) is 7. The summed E-state index contributed by atoms with van der Waals surface area (Å²) < 4.78 is 19.0. The van der Waals surface area contributed by atoms with Gasteiger partial charge >= 0.3 is 5.69 Å². The summed E-state index contributed by atoms with van der Waals surface area (Å²) in [5.74, 6) is 2.17. The maximum Gasteiger partial charge on any atom is 0.349 e. The molecule has 1 heterocycles. The van der Waals surface area contributed by atoms with Gasteiger partial charge in [0.2, 0.25) is 5.69 Å². The minimum Gasteiger partial charge on any atom is -0.496 e. The molecule has 2 N–H and O–H groups in total. The highest BCUT2D eigenvalue weighted by Crippen LogP contribution is 2.34. The number of halogens is 1. The van der Waals surface area contributed by atoms with E-state index in [0.717, 1.165) is 37.2 Å². The lowest BCUT2D eigenvalue weighted by Gasteiger charge is -2.16. The summed E-state index contributed by atoms with van der Waals surface area (Å²) in [6.07, 6.45) is 0. The van der Waals surface area contributed by atoms with Crippen LogP contribution in [0.25, 0.3) is 5.69 Å². The van der Waals surface area contributed by atoms with Gasteiger partial charge in [-0.3, -0.25) is 14.6 Å². The van der Waals surface area contributed by atoms with Gasteiger partial charge in [0.15, 0.2) is 0 Å². The monoisotopic (exact) mass is 636 g/mol. The number of carbonyl (C=O) groups is 1. The molecule has 220 valence electrons. The average molecular weight is 638 g/mol. The molecule has 42 heavy (non-hydrogen) atoms. The number of aromatic amines is 1. The average Bonchev–Trinajstić information content (AvgIpc) is 2.93. The van der Waals surface area contributed by atoms with E-state index in [-0.39, 0.29) is 19.1 Å². The highest BCUT2D eigenvalue weighted by Gasteiger charge is 2.18. The van der Waals surface area contributed by atoms with E-state index in [4.69, 9.17) is 14.2 Å². The maximum atomic E-state index is 12.9. The van der Waals surface area contributed by atoms with Gasteiger partial charge in [0.25, 0.3) is 11.5 Å². The second-order valence-corrected chi connectivity index (χ2v) is 11.0. The van der Waals surface area contributed by atoms with Gasteiger partial charge in [-0.15, -0.1) is 0 Å². The maximum absolute atomic E-state index is 12.9. The molecule has 1 aromatic heterocycles. The standard InChI is InChI=1S/C31H33BrN4O6/c1-17(2)23-9-7-18(3)13-26(23)41-12-11-33-29(37)27-30(38)34-31(39)36(35-27)21-14-19(4)28(20(5)15-21)42-22-8-10-25(40-6)24(32)16-22/h7-10,13-17H,11-12H2,1-6H3,(H,33,37)(H,34,38,39). The SMILES string of the molecule is COc1ccc(Oc2c(C)cc(-n3nc(C(=O)NCCOc4cc(C)ccc4C(C)C)c(=O)[nH]c3=O)cc2C)cc1Br. The predicted octanol–water partition coefficient (Wildman–Crippen LogP) is 5.34. The number of ether oxygens (including phenoxy) is 3. The molecule has 4 rings (SSSR count). The van der Waals surface area contributed by atoms with Gasteiger partial charge in [0.05, 0.1) is 23.8 Å². The second kappa shape index (κ2) is 13.1. The van der Waals surface area contributed by atoms with Crippen molar-refractivity contribution in [3.63, 3.8) is 0 Å². The number of aromatic nitrogens is 3. The lowest BCUT2D eigenvalue weighted by atomic mass is 10.0. The lowest BCUT2D eigenvalue weighted by molar-refractivity contribution is 0.0938. The number of nitrogens with one attached hydrogen (secondary N) is 2. The zero-order chi connectivity index (χ0) is 30.6. The number of rotatable bonds is 10. The highest BCUT2D eigenvalue weighted by atomic mass is 79.9. The molecule has 0 atom stereocenters. The molecule has 10 nitrogen and oxygen atoms in total. The number of hydrogen-bond donors (Lipinski definition) is 2. The van der Waals surface area contributed by atoms with Crippen LogP contribution in [0, 0.1) is 20.8 Å². The van der Waals surface area contributed by atoms with Crippen LogP contribution in [0.1, 0.15) is 52.5 Å². The van der Waals surface area contributed by atoms with Crippen molar-refractivity contribution in [1.82, 2.24) is 20.1 Å². The van der Waals surface area contributed by atoms with Gasteiger partial charge in [-0.25, -0.2) is 4.79 Å². The van der Waals surface area contributed by atoms with Crippen LogP contribution >= 0.6 is 15.9 Å². The number of nitrogens with zero attached hydrogens (tertiary/aromatic N) is 2. The Morgan fingerprint density at radius 1 is 1.02 bits per heavy atom. The van der Waals surface area contributed by atoms with Gasteiger partial charge in [0.1, 0.15) is 29.6 Å². The third-order valence-corrected chi connectivity index (χ3v) is 7.13. The Labute approximate surface area is 251 Å². The molecule has 0 bridgehead atoms. The van der Waals surface area contributed by atoms with Crippen LogP contribution in [0.15, 0.2) is 62.6 Å². The van der Waals surface area contributed by atoms with E-state index in [9.17, 15) is 14.4 Å². The molecule has 0 aliphatic heterocycles. The molecule has 0 fully saturated rings. The molecular formula is C31H33BrN4O6. The number of carbonyl (C=O) groups excluding carboxylic acids is 1. The fraction of sp³-hybridized carbons (Fsp3) is 0.290. The number of H-pyrrole nitrogens is 1. The molecule has 0 spiro atoms. The van der Waals surface area contributed by atoms with Crippen molar-refractivity contribution in [1.29, 1.82) is 0 Å². The first-order valence-corrected chi connectivity index (χ1v) is 14.2. The molecule has 0 unspecified atom stereocenters. The van der Waals surface area contributed by atoms with Gasteiger partial charge in [0, 0.05) is 0 Å². The fourth-order valence-corrected chi connectivity index (χ4v) is 4.94.